The monoisotopic (exact) mass is 636 g/mol. The Morgan fingerprint density at radius 2 is 0.711 bits per heavy atom. The standard InChI is InChI=1S/C41H81NO3/c1-3-5-7-9-11-13-14-15-16-17-19-24-28-32-36-40(44)38-42-41(45)37-33-29-25-21-20-23-27-31-35-39(43)34-30-26-22-18-12-10-8-6-4-2/h40,44H,3-38H2,1-2H3,(H,42,45)/t40-/m1/s1. The second-order valence-electron chi connectivity index (χ2n) is 14.3. The van der Waals surface area contributed by atoms with E-state index in [1.54, 1.807) is 0 Å². The van der Waals surface area contributed by atoms with Gasteiger partial charge < -0.3 is 10.4 Å². The van der Waals surface area contributed by atoms with Gasteiger partial charge in [0.05, 0.1) is 6.10 Å². The van der Waals surface area contributed by atoms with E-state index in [0.717, 1.165) is 51.4 Å². The van der Waals surface area contributed by atoms with Gasteiger partial charge in [-0.2, -0.15) is 0 Å². The highest BCUT2D eigenvalue weighted by atomic mass is 16.3. The first kappa shape index (κ1) is 44.1. The number of amides is 1. The Morgan fingerprint density at radius 3 is 1.07 bits per heavy atom. The summed E-state index contributed by atoms with van der Waals surface area (Å²) in [6.07, 6.45) is 42.3. The van der Waals surface area contributed by atoms with Crippen molar-refractivity contribution < 1.29 is 14.7 Å². The second kappa shape index (κ2) is 37.6. The minimum atomic E-state index is -0.406. The van der Waals surface area contributed by atoms with Gasteiger partial charge in [-0.15, -0.1) is 0 Å². The van der Waals surface area contributed by atoms with Gasteiger partial charge in [-0.25, -0.2) is 0 Å². The maximum Gasteiger partial charge on any atom is 0.220 e. The number of hydrogen-bond acceptors (Lipinski definition) is 3. The summed E-state index contributed by atoms with van der Waals surface area (Å²) in [5.41, 5.74) is 0. The molecule has 0 radical (unpaired) electrons. The average molecular weight is 636 g/mol. The molecule has 0 aromatic heterocycles. The third-order valence-corrected chi connectivity index (χ3v) is 9.59. The van der Waals surface area contributed by atoms with Crippen LogP contribution in [0.5, 0.6) is 0 Å². The number of nitrogens with one attached hydrogen (secondary N) is 1. The van der Waals surface area contributed by atoms with E-state index in [1.165, 1.54) is 167 Å². The second-order valence-corrected chi connectivity index (χ2v) is 14.3. The Labute approximate surface area is 282 Å². The zero-order chi connectivity index (χ0) is 32.9. The van der Waals surface area contributed by atoms with E-state index in [4.69, 9.17) is 0 Å². The van der Waals surface area contributed by atoms with Crippen molar-refractivity contribution in [3.8, 4) is 0 Å². The van der Waals surface area contributed by atoms with Crippen molar-refractivity contribution >= 4 is 11.7 Å². The smallest absolute Gasteiger partial charge is 0.220 e. The third-order valence-electron chi connectivity index (χ3n) is 9.59. The lowest BCUT2D eigenvalue weighted by molar-refractivity contribution is -0.121. The van der Waals surface area contributed by atoms with Crippen molar-refractivity contribution in [2.45, 2.75) is 245 Å². The lowest BCUT2D eigenvalue weighted by Crippen LogP contribution is -2.31. The first-order valence-corrected chi connectivity index (χ1v) is 20.6. The minimum Gasteiger partial charge on any atom is -0.391 e. The SMILES string of the molecule is CCCCCCCCCCCCCCCC[C@@H](O)CNC(=O)CCCCCCCCCCC(=O)CCCCCCCCCCC. The number of hydrogen-bond donors (Lipinski definition) is 2. The lowest BCUT2D eigenvalue weighted by atomic mass is 10.0. The number of ketones is 1. The van der Waals surface area contributed by atoms with Crippen LogP contribution in [0.4, 0.5) is 0 Å². The summed E-state index contributed by atoms with van der Waals surface area (Å²) in [6, 6.07) is 0. The van der Waals surface area contributed by atoms with E-state index in [9.17, 15) is 14.7 Å². The molecule has 0 saturated carbocycles. The van der Waals surface area contributed by atoms with Crippen molar-refractivity contribution in [3.63, 3.8) is 0 Å². The molecule has 0 saturated heterocycles. The molecule has 1 amide bonds. The zero-order valence-electron chi connectivity index (χ0n) is 30.8. The first-order valence-electron chi connectivity index (χ1n) is 20.6. The van der Waals surface area contributed by atoms with E-state index in [1.807, 2.05) is 0 Å². The Morgan fingerprint density at radius 1 is 0.422 bits per heavy atom. The number of rotatable bonds is 38. The van der Waals surface area contributed by atoms with Gasteiger partial charge in [-0.1, -0.05) is 194 Å². The van der Waals surface area contributed by atoms with Crippen LogP contribution in [0.2, 0.25) is 0 Å². The molecule has 0 fully saturated rings. The quantitative estimate of drug-likeness (QED) is 0.0663. The van der Waals surface area contributed by atoms with E-state index in [0.29, 0.717) is 18.7 Å². The van der Waals surface area contributed by atoms with Gasteiger partial charge in [0.15, 0.2) is 0 Å². The van der Waals surface area contributed by atoms with Crippen molar-refractivity contribution in [2.24, 2.45) is 0 Å². The molecule has 1 atom stereocenters. The molecule has 45 heavy (non-hydrogen) atoms. The van der Waals surface area contributed by atoms with Crippen LogP contribution in [0.25, 0.3) is 0 Å². The highest BCUT2D eigenvalue weighted by Gasteiger charge is 2.07. The third kappa shape index (κ3) is 37.4. The topological polar surface area (TPSA) is 66.4 Å². The summed E-state index contributed by atoms with van der Waals surface area (Å²) in [6.45, 7) is 4.94. The summed E-state index contributed by atoms with van der Waals surface area (Å²) < 4.78 is 0. The Kier molecular flexibility index (Phi) is 36.8. The summed E-state index contributed by atoms with van der Waals surface area (Å²) in [4.78, 5) is 24.2. The molecule has 0 unspecified atom stereocenters. The van der Waals surface area contributed by atoms with Gasteiger partial charge in [0.2, 0.25) is 5.91 Å². The van der Waals surface area contributed by atoms with Gasteiger partial charge in [-0.05, 0) is 25.7 Å². The van der Waals surface area contributed by atoms with Gasteiger partial charge in [0.25, 0.3) is 0 Å². The zero-order valence-corrected chi connectivity index (χ0v) is 30.8. The Bertz CT molecular complexity index is 608. The molecule has 0 bridgehead atoms. The van der Waals surface area contributed by atoms with Crippen LogP contribution in [-0.2, 0) is 9.59 Å². The van der Waals surface area contributed by atoms with E-state index < -0.39 is 6.10 Å². The van der Waals surface area contributed by atoms with Gasteiger partial charge in [0, 0.05) is 25.8 Å². The maximum atomic E-state index is 12.1. The molecule has 2 N–H and O–H groups in total. The fourth-order valence-corrected chi connectivity index (χ4v) is 6.42. The molecule has 4 heteroatoms. The molecule has 0 aromatic carbocycles. The number of carbonyl (C=O) groups is 2. The summed E-state index contributed by atoms with van der Waals surface area (Å²) in [5.74, 6) is 0.556. The van der Waals surface area contributed by atoms with Gasteiger partial charge in [-0.3, -0.25) is 9.59 Å². The predicted molar refractivity (Wildman–Crippen MR) is 197 cm³/mol. The molecule has 0 spiro atoms. The molecule has 0 aliphatic heterocycles. The minimum absolute atomic E-state index is 0.0853. The van der Waals surface area contributed by atoms with Crippen LogP contribution in [0.1, 0.15) is 239 Å². The molecule has 0 aliphatic rings. The van der Waals surface area contributed by atoms with Crippen molar-refractivity contribution in [3.05, 3.63) is 0 Å². The van der Waals surface area contributed by atoms with E-state index >= 15 is 0 Å². The molecule has 4 nitrogen and oxygen atoms in total. The van der Waals surface area contributed by atoms with E-state index in [-0.39, 0.29) is 5.91 Å². The van der Waals surface area contributed by atoms with Gasteiger partial charge in [0.1, 0.15) is 5.78 Å². The summed E-state index contributed by atoms with van der Waals surface area (Å²) >= 11 is 0. The Balaban J connectivity index is 3.33. The van der Waals surface area contributed by atoms with Crippen LogP contribution < -0.4 is 5.32 Å². The van der Waals surface area contributed by atoms with Crippen LogP contribution >= 0.6 is 0 Å². The average Bonchev–Trinajstić information content (AvgIpc) is 3.04. The normalized spacial score (nSPS) is 12.1. The fourth-order valence-electron chi connectivity index (χ4n) is 6.42. The number of unbranched alkanes of at least 4 members (excludes halogenated alkanes) is 28. The molecule has 0 heterocycles. The lowest BCUT2D eigenvalue weighted by Gasteiger charge is -2.12. The fraction of sp³-hybridized carbons (Fsp3) is 0.951. The number of carbonyl (C=O) groups excluding carboxylic acids is 2. The summed E-state index contributed by atoms with van der Waals surface area (Å²) in [5, 5.41) is 13.1. The van der Waals surface area contributed by atoms with Crippen molar-refractivity contribution in [1.82, 2.24) is 5.32 Å². The van der Waals surface area contributed by atoms with Crippen LogP contribution in [0, 0.1) is 0 Å². The largest absolute Gasteiger partial charge is 0.391 e. The predicted octanol–water partition coefficient (Wildman–Crippen LogP) is 12.7. The number of Topliss-reactive ketones (excluding diaryl/α,β-unsaturated/α-hetero) is 1. The van der Waals surface area contributed by atoms with Gasteiger partial charge >= 0.3 is 0 Å². The molecular weight excluding hydrogens is 554 g/mol. The number of aliphatic hydroxyl groups excluding tert-OH is 1. The molecular formula is C41H81NO3. The molecule has 0 aliphatic carbocycles. The van der Waals surface area contributed by atoms with Crippen LogP contribution in [0.15, 0.2) is 0 Å². The highest BCUT2D eigenvalue weighted by Crippen LogP contribution is 2.15. The van der Waals surface area contributed by atoms with Crippen LogP contribution in [-0.4, -0.2) is 29.4 Å². The Hall–Kier alpha value is -0.900. The van der Waals surface area contributed by atoms with Crippen molar-refractivity contribution in [1.29, 1.82) is 0 Å². The van der Waals surface area contributed by atoms with E-state index in [2.05, 4.69) is 19.2 Å². The number of aliphatic hydroxyl groups is 1. The van der Waals surface area contributed by atoms with Crippen LogP contribution in [0.3, 0.4) is 0 Å². The van der Waals surface area contributed by atoms with Crippen molar-refractivity contribution in [2.75, 3.05) is 6.54 Å². The maximum absolute atomic E-state index is 12.1. The molecule has 0 rings (SSSR count). The molecule has 268 valence electrons. The first-order chi connectivity index (χ1) is 22.1. The highest BCUT2D eigenvalue weighted by molar-refractivity contribution is 5.78. The summed E-state index contributed by atoms with van der Waals surface area (Å²) in [7, 11) is 0. The molecule has 0 aromatic rings.